The summed E-state index contributed by atoms with van der Waals surface area (Å²) in [5.41, 5.74) is 5.30. The van der Waals surface area contributed by atoms with Crippen molar-refractivity contribution in [2.75, 3.05) is 0 Å². The molecule has 0 N–H and O–H groups in total. The Balaban J connectivity index is 1.80. The summed E-state index contributed by atoms with van der Waals surface area (Å²) in [6.45, 7) is 8.73. The van der Waals surface area contributed by atoms with Gasteiger partial charge in [0.1, 0.15) is 11.6 Å². The molecule has 0 aliphatic rings. The topological polar surface area (TPSA) is 0 Å². The molecule has 0 heterocycles. The Hall–Kier alpha value is -3.00. The molecule has 2 heteroatoms. The van der Waals surface area contributed by atoms with E-state index in [-0.39, 0.29) is 11.6 Å². The lowest BCUT2D eigenvalue weighted by Gasteiger charge is -2.15. The van der Waals surface area contributed by atoms with Gasteiger partial charge in [-0.1, -0.05) is 77.6 Å². The van der Waals surface area contributed by atoms with E-state index in [9.17, 15) is 0 Å². The van der Waals surface area contributed by atoms with Crippen LogP contribution < -0.4 is 0 Å². The van der Waals surface area contributed by atoms with Crippen molar-refractivity contribution in [1.29, 1.82) is 0 Å². The van der Waals surface area contributed by atoms with Gasteiger partial charge in [0.05, 0.1) is 0 Å². The molecule has 0 saturated heterocycles. The van der Waals surface area contributed by atoms with Gasteiger partial charge in [0.2, 0.25) is 0 Å². The third-order valence-corrected chi connectivity index (χ3v) is 7.61. The summed E-state index contributed by atoms with van der Waals surface area (Å²) in [7, 11) is 0. The third kappa shape index (κ3) is 4.25. The van der Waals surface area contributed by atoms with Gasteiger partial charge in [0, 0.05) is 21.5 Å². The summed E-state index contributed by atoms with van der Waals surface area (Å²) in [5.74, 6) is -0.649. The van der Waals surface area contributed by atoms with Crippen molar-refractivity contribution in [2.45, 2.75) is 79.1 Å². The molecule has 0 saturated carbocycles. The van der Waals surface area contributed by atoms with Crippen LogP contribution in [0.5, 0.6) is 0 Å². The van der Waals surface area contributed by atoms with Crippen LogP contribution in [-0.2, 0) is 25.7 Å². The van der Waals surface area contributed by atoms with Crippen molar-refractivity contribution in [1.82, 2.24) is 0 Å². The second-order valence-electron chi connectivity index (χ2n) is 10.4. The molecular weight excluding hydrogens is 446 g/mol. The molecule has 0 aromatic heterocycles. The van der Waals surface area contributed by atoms with Crippen LogP contribution in [0.1, 0.15) is 75.6 Å². The minimum Gasteiger partial charge on any atom is -0.206 e. The lowest BCUT2D eigenvalue weighted by atomic mass is 9.91. The van der Waals surface area contributed by atoms with Crippen molar-refractivity contribution < 1.29 is 8.78 Å². The molecule has 0 spiro atoms. The number of hydrogen-bond acceptors (Lipinski definition) is 0. The Labute approximate surface area is 213 Å². The van der Waals surface area contributed by atoms with Gasteiger partial charge < -0.3 is 0 Å². The van der Waals surface area contributed by atoms with E-state index in [1.54, 1.807) is 0 Å². The molecule has 0 atom stereocenters. The highest BCUT2D eigenvalue weighted by molar-refractivity contribution is 6.09. The quantitative estimate of drug-likeness (QED) is 0.193. The predicted molar refractivity (Wildman–Crippen MR) is 152 cm³/mol. The van der Waals surface area contributed by atoms with Crippen LogP contribution in [0.4, 0.5) is 8.78 Å². The van der Waals surface area contributed by atoms with Gasteiger partial charge in [0.25, 0.3) is 0 Å². The Morgan fingerprint density at radius 3 is 0.806 bits per heavy atom. The number of fused-ring (bicyclic) bond motifs is 4. The Kier molecular flexibility index (Phi) is 6.97. The lowest BCUT2D eigenvalue weighted by Crippen LogP contribution is -1.97. The van der Waals surface area contributed by atoms with E-state index in [2.05, 4.69) is 52.0 Å². The number of halogens is 2. The fraction of sp³-hybridized carbons (Fsp3) is 0.353. The molecule has 0 nitrogen and oxygen atoms in total. The second-order valence-corrected chi connectivity index (χ2v) is 10.4. The minimum absolute atomic E-state index is 0.324. The van der Waals surface area contributed by atoms with Gasteiger partial charge in [0.15, 0.2) is 0 Å². The Morgan fingerprint density at radius 1 is 0.389 bits per heavy atom. The maximum atomic E-state index is 16.0. The molecule has 36 heavy (non-hydrogen) atoms. The van der Waals surface area contributed by atoms with Crippen molar-refractivity contribution in [3.05, 3.63) is 82.4 Å². The van der Waals surface area contributed by atoms with Crippen molar-refractivity contribution >= 4 is 43.1 Å². The van der Waals surface area contributed by atoms with E-state index in [0.29, 0.717) is 21.5 Å². The predicted octanol–water partition coefficient (Wildman–Crippen LogP) is 10.4. The summed E-state index contributed by atoms with van der Waals surface area (Å²) < 4.78 is 32.1. The number of rotatable bonds is 8. The van der Waals surface area contributed by atoms with Crippen molar-refractivity contribution in [2.24, 2.45) is 0 Å². The highest BCUT2D eigenvalue weighted by atomic mass is 19.1. The maximum absolute atomic E-state index is 16.0. The van der Waals surface area contributed by atoms with Gasteiger partial charge in [-0.25, -0.2) is 8.78 Å². The SMILES string of the molecule is CCCc1cc2cc3c(F)c4cc5cc(CCC)c(CCC)cc5cc4c(F)c3cc2cc1CCC. The second kappa shape index (κ2) is 10.2. The summed E-state index contributed by atoms with van der Waals surface area (Å²) >= 11 is 0. The Bertz CT molecular complexity index is 1360. The first-order chi connectivity index (χ1) is 17.5. The molecule has 0 amide bonds. The molecule has 186 valence electrons. The average molecular weight is 483 g/mol. The minimum atomic E-state index is -0.324. The summed E-state index contributed by atoms with van der Waals surface area (Å²) in [6, 6.07) is 16.2. The molecule has 0 bridgehead atoms. The lowest BCUT2D eigenvalue weighted by molar-refractivity contribution is 0.635. The van der Waals surface area contributed by atoms with Crippen molar-refractivity contribution in [3.8, 4) is 0 Å². The van der Waals surface area contributed by atoms with E-state index in [4.69, 9.17) is 0 Å². The zero-order valence-electron chi connectivity index (χ0n) is 22.0. The summed E-state index contributed by atoms with van der Waals surface area (Å²) in [6.07, 6.45) is 8.28. The zero-order chi connectivity index (χ0) is 25.4. The monoisotopic (exact) mass is 482 g/mol. The fourth-order valence-corrected chi connectivity index (χ4v) is 5.91. The molecule has 0 radical (unpaired) electrons. The largest absolute Gasteiger partial charge is 0.206 e. The van der Waals surface area contributed by atoms with Gasteiger partial charge >= 0.3 is 0 Å². The first-order valence-corrected chi connectivity index (χ1v) is 13.7. The smallest absolute Gasteiger partial charge is 0.139 e. The molecular formula is C34H36F2. The number of benzene rings is 5. The standard InChI is InChI=1S/C34H36F2/c1-5-9-21-13-25-17-29-30(18-26(25)14-22(21)10-6-2)34(36)32-20-28-16-24(12-8-4)23(11-7-3)15-27(28)19-31(32)33(29)35/h13-20H,5-12H2,1-4H3. The van der Waals surface area contributed by atoms with Gasteiger partial charge in [-0.2, -0.15) is 0 Å². The van der Waals surface area contributed by atoms with Gasteiger partial charge in [-0.15, -0.1) is 0 Å². The molecule has 5 aromatic rings. The highest BCUT2D eigenvalue weighted by Gasteiger charge is 2.17. The first-order valence-electron chi connectivity index (χ1n) is 13.7. The zero-order valence-corrected chi connectivity index (χ0v) is 22.0. The molecule has 0 aliphatic carbocycles. The third-order valence-electron chi connectivity index (χ3n) is 7.61. The fourth-order valence-electron chi connectivity index (χ4n) is 5.91. The van der Waals surface area contributed by atoms with E-state index in [0.717, 1.165) is 72.9 Å². The van der Waals surface area contributed by atoms with Crippen LogP contribution in [0.15, 0.2) is 48.5 Å². The van der Waals surface area contributed by atoms with Crippen LogP contribution in [0.2, 0.25) is 0 Å². The molecule has 0 unspecified atom stereocenters. The van der Waals surface area contributed by atoms with Gasteiger partial charge in [-0.3, -0.25) is 0 Å². The van der Waals surface area contributed by atoms with Crippen LogP contribution in [0.3, 0.4) is 0 Å². The molecule has 0 fully saturated rings. The van der Waals surface area contributed by atoms with E-state index in [1.807, 2.05) is 24.3 Å². The highest BCUT2D eigenvalue weighted by Crippen LogP contribution is 2.37. The Morgan fingerprint density at radius 2 is 0.611 bits per heavy atom. The summed E-state index contributed by atoms with van der Waals surface area (Å²) in [5, 5.41) is 5.42. The first kappa shape index (κ1) is 24.7. The van der Waals surface area contributed by atoms with Gasteiger partial charge in [-0.05, 0) is 93.7 Å². The van der Waals surface area contributed by atoms with E-state index >= 15 is 8.78 Å². The molecule has 5 rings (SSSR count). The molecule has 5 aromatic carbocycles. The number of hydrogen-bond donors (Lipinski definition) is 0. The summed E-state index contributed by atoms with van der Waals surface area (Å²) in [4.78, 5) is 0. The van der Waals surface area contributed by atoms with Crippen LogP contribution in [0, 0.1) is 11.6 Å². The number of aryl methyl sites for hydroxylation is 4. The van der Waals surface area contributed by atoms with Crippen molar-refractivity contribution in [3.63, 3.8) is 0 Å². The average Bonchev–Trinajstić information content (AvgIpc) is 2.87. The van der Waals surface area contributed by atoms with E-state index < -0.39 is 0 Å². The maximum Gasteiger partial charge on any atom is 0.139 e. The van der Waals surface area contributed by atoms with E-state index in [1.165, 1.54) is 22.3 Å². The van der Waals surface area contributed by atoms with Crippen LogP contribution >= 0.6 is 0 Å². The normalized spacial score (nSPS) is 11.9. The van der Waals surface area contributed by atoms with Crippen LogP contribution in [-0.4, -0.2) is 0 Å². The molecule has 0 aliphatic heterocycles. The van der Waals surface area contributed by atoms with Crippen LogP contribution in [0.25, 0.3) is 43.1 Å².